The summed E-state index contributed by atoms with van der Waals surface area (Å²) in [5.74, 6) is -1.35. The van der Waals surface area contributed by atoms with E-state index < -0.39 is 17.7 Å². The molecular weight excluding hydrogens is 219 g/mol. The molecule has 0 aromatic rings. The van der Waals surface area contributed by atoms with Gasteiger partial charge in [-0.05, 0) is 39.2 Å². The summed E-state index contributed by atoms with van der Waals surface area (Å²) >= 11 is 0. The number of halogens is 3. The Balaban J connectivity index is 2.68. The highest BCUT2D eigenvalue weighted by molar-refractivity contribution is 4.95. The first kappa shape index (κ1) is 13.8. The van der Waals surface area contributed by atoms with Gasteiger partial charge in [0.2, 0.25) is 0 Å². The maximum atomic E-state index is 12.6. The SMILES string of the molecule is CCNC(C)C1(O)CCCC(C(F)(F)F)C1. The molecule has 2 N–H and O–H groups in total. The van der Waals surface area contributed by atoms with Gasteiger partial charge in [0.1, 0.15) is 0 Å². The Hall–Kier alpha value is -0.290. The summed E-state index contributed by atoms with van der Waals surface area (Å²) in [5.41, 5.74) is -1.21. The van der Waals surface area contributed by atoms with Crippen molar-refractivity contribution in [3.8, 4) is 0 Å². The molecule has 0 bridgehead atoms. The van der Waals surface area contributed by atoms with Crippen molar-refractivity contribution in [2.75, 3.05) is 6.54 Å². The molecule has 0 aromatic heterocycles. The van der Waals surface area contributed by atoms with Gasteiger partial charge in [-0.25, -0.2) is 0 Å². The van der Waals surface area contributed by atoms with Crippen molar-refractivity contribution in [2.24, 2.45) is 5.92 Å². The fourth-order valence-electron chi connectivity index (χ4n) is 2.45. The number of rotatable bonds is 3. The maximum Gasteiger partial charge on any atom is 0.391 e. The van der Waals surface area contributed by atoms with Crippen molar-refractivity contribution < 1.29 is 18.3 Å². The third-order valence-electron chi connectivity index (χ3n) is 3.54. The van der Waals surface area contributed by atoms with Gasteiger partial charge in [-0.3, -0.25) is 0 Å². The van der Waals surface area contributed by atoms with Crippen LogP contribution in [0.1, 0.15) is 39.5 Å². The molecule has 3 unspecified atom stereocenters. The fourth-order valence-corrected chi connectivity index (χ4v) is 2.45. The second-order valence-electron chi connectivity index (χ2n) is 4.72. The van der Waals surface area contributed by atoms with E-state index in [1.165, 1.54) is 0 Å². The second-order valence-corrected chi connectivity index (χ2v) is 4.72. The lowest BCUT2D eigenvalue weighted by molar-refractivity contribution is -0.203. The van der Waals surface area contributed by atoms with Crippen LogP contribution in [0, 0.1) is 5.92 Å². The lowest BCUT2D eigenvalue weighted by Crippen LogP contribution is -2.53. The van der Waals surface area contributed by atoms with Crippen LogP contribution in [-0.2, 0) is 0 Å². The van der Waals surface area contributed by atoms with Crippen LogP contribution in [0.2, 0.25) is 0 Å². The lowest BCUT2D eigenvalue weighted by atomic mass is 9.74. The average molecular weight is 239 g/mol. The van der Waals surface area contributed by atoms with Crippen LogP contribution < -0.4 is 5.32 Å². The van der Waals surface area contributed by atoms with Crippen molar-refractivity contribution in [1.82, 2.24) is 5.32 Å². The van der Waals surface area contributed by atoms with Crippen LogP contribution in [0.25, 0.3) is 0 Å². The molecule has 1 saturated carbocycles. The van der Waals surface area contributed by atoms with E-state index in [2.05, 4.69) is 5.32 Å². The van der Waals surface area contributed by atoms with Gasteiger partial charge in [0, 0.05) is 6.04 Å². The molecule has 0 aromatic carbocycles. The fraction of sp³-hybridized carbons (Fsp3) is 1.00. The van der Waals surface area contributed by atoms with E-state index in [1.54, 1.807) is 6.92 Å². The Morgan fingerprint density at radius 3 is 2.62 bits per heavy atom. The van der Waals surface area contributed by atoms with E-state index in [-0.39, 0.29) is 18.9 Å². The van der Waals surface area contributed by atoms with Crippen LogP contribution in [-0.4, -0.2) is 29.5 Å². The standard InChI is InChI=1S/C11H20F3NO/c1-3-15-8(2)10(16)6-4-5-9(7-10)11(12,13)14/h8-9,15-16H,3-7H2,1-2H3. The molecule has 3 atom stereocenters. The normalized spacial score (nSPS) is 33.8. The summed E-state index contributed by atoms with van der Waals surface area (Å²) in [6.45, 7) is 4.28. The van der Waals surface area contributed by atoms with Gasteiger partial charge in [0.15, 0.2) is 0 Å². The summed E-state index contributed by atoms with van der Waals surface area (Å²) in [6, 6.07) is -0.289. The third kappa shape index (κ3) is 3.10. The summed E-state index contributed by atoms with van der Waals surface area (Å²) in [7, 11) is 0. The Morgan fingerprint density at radius 2 is 2.12 bits per heavy atom. The monoisotopic (exact) mass is 239 g/mol. The van der Waals surface area contributed by atoms with Crippen LogP contribution in [0.5, 0.6) is 0 Å². The van der Waals surface area contributed by atoms with Crippen LogP contribution in [0.15, 0.2) is 0 Å². The quantitative estimate of drug-likeness (QED) is 0.793. The van der Waals surface area contributed by atoms with Gasteiger partial charge in [0.05, 0.1) is 11.5 Å². The zero-order valence-corrected chi connectivity index (χ0v) is 9.77. The van der Waals surface area contributed by atoms with Gasteiger partial charge in [-0.15, -0.1) is 0 Å². The highest BCUT2D eigenvalue weighted by atomic mass is 19.4. The number of likely N-dealkylation sites (N-methyl/N-ethyl adjacent to an activating group) is 1. The molecular formula is C11H20F3NO. The highest BCUT2D eigenvalue weighted by Gasteiger charge is 2.48. The Labute approximate surface area is 94.2 Å². The molecule has 0 radical (unpaired) electrons. The van der Waals surface area contributed by atoms with Crippen molar-refractivity contribution >= 4 is 0 Å². The van der Waals surface area contributed by atoms with Crippen molar-refractivity contribution in [3.05, 3.63) is 0 Å². The Kier molecular flexibility index (Phi) is 4.23. The van der Waals surface area contributed by atoms with Crippen LogP contribution in [0.4, 0.5) is 13.2 Å². The van der Waals surface area contributed by atoms with Crippen molar-refractivity contribution in [3.63, 3.8) is 0 Å². The van der Waals surface area contributed by atoms with Gasteiger partial charge < -0.3 is 10.4 Å². The predicted octanol–water partition coefficient (Wildman–Crippen LogP) is 2.47. The van der Waals surface area contributed by atoms with Crippen molar-refractivity contribution in [1.29, 1.82) is 0 Å². The highest BCUT2D eigenvalue weighted by Crippen LogP contribution is 2.42. The van der Waals surface area contributed by atoms with E-state index in [4.69, 9.17) is 0 Å². The zero-order chi connectivity index (χ0) is 12.4. The Morgan fingerprint density at radius 1 is 1.50 bits per heavy atom. The van der Waals surface area contributed by atoms with E-state index in [1.807, 2.05) is 6.92 Å². The second kappa shape index (κ2) is 4.92. The molecule has 1 rings (SSSR count). The predicted molar refractivity (Wildman–Crippen MR) is 56.1 cm³/mol. The molecule has 0 heterocycles. The molecule has 1 aliphatic rings. The first-order chi connectivity index (χ1) is 7.29. The molecule has 0 saturated heterocycles. The number of aliphatic hydroxyl groups is 1. The molecule has 0 amide bonds. The van der Waals surface area contributed by atoms with Gasteiger partial charge >= 0.3 is 6.18 Å². The van der Waals surface area contributed by atoms with Crippen molar-refractivity contribution in [2.45, 2.75) is 57.3 Å². The lowest BCUT2D eigenvalue weighted by Gasteiger charge is -2.41. The number of hydrogen-bond acceptors (Lipinski definition) is 2. The largest absolute Gasteiger partial charge is 0.391 e. The molecule has 16 heavy (non-hydrogen) atoms. The molecule has 0 spiro atoms. The minimum atomic E-state index is -4.18. The van der Waals surface area contributed by atoms with E-state index >= 15 is 0 Å². The van der Waals surface area contributed by atoms with Crippen LogP contribution in [0.3, 0.4) is 0 Å². The first-order valence-corrected chi connectivity index (χ1v) is 5.82. The van der Waals surface area contributed by atoms with E-state index in [0.717, 1.165) is 0 Å². The van der Waals surface area contributed by atoms with E-state index in [9.17, 15) is 18.3 Å². The topological polar surface area (TPSA) is 32.3 Å². The first-order valence-electron chi connectivity index (χ1n) is 5.82. The summed E-state index contributed by atoms with van der Waals surface area (Å²) in [4.78, 5) is 0. The van der Waals surface area contributed by atoms with Crippen LogP contribution >= 0.6 is 0 Å². The molecule has 5 heteroatoms. The number of hydrogen-bond donors (Lipinski definition) is 2. The molecule has 1 fully saturated rings. The van der Waals surface area contributed by atoms with Gasteiger partial charge in [0.25, 0.3) is 0 Å². The number of alkyl halides is 3. The maximum absolute atomic E-state index is 12.6. The molecule has 0 aliphatic heterocycles. The Bertz CT molecular complexity index is 232. The molecule has 2 nitrogen and oxygen atoms in total. The summed E-state index contributed by atoms with van der Waals surface area (Å²) in [5, 5.41) is 13.3. The summed E-state index contributed by atoms with van der Waals surface area (Å²) in [6.07, 6.45) is -3.32. The molecule has 96 valence electrons. The smallest absolute Gasteiger partial charge is 0.388 e. The molecule has 1 aliphatic carbocycles. The third-order valence-corrected chi connectivity index (χ3v) is 3.54. The van der Waals surface area contributed by atoms with Gasteiger partial charge in [-0.1, -0.05) is 6.92 Å². The average Bonchev–Trinajstić information content (AvgIpc) is 2.17. The van der Waals surface area contributed by atoms with E-state index in [0.29, 0.717) is 19.4 Å². The zero-order valence-electron chi connectivity index (χ0n) is 9.77. The minimum Gasteiger partial charge on any atom is -0.388 e. The summed E-state index contributed by atoms with van der Waals surface area (Å²) < 4.78 is 37.8. The minimum absolute atomic E-state index is 0.144. The number of nitrogens with one attached hydrogen (secondary N) is 1. The van der Waals surface area contributed by atoms with Gasteiger partial charge in [-0.2, -0.15) is 13.2 Å².